The van der Waals surface area contributed by atoms with Crippen LogP contribution in [0.1, 0.15) is 25.8 Å². The van der Waals surface area contributed by atoms with Crippen molar-refractivity contribution in [3.63, 3.8) is 0 Å². The van der Waals surface area contributed by atoms with E-state index in [1.54, 1.807) is 18.4 Å². The molecule has 0 amide bonds. The zero-order valence-electron chi connectivity index (χ0n) is 10.5. The van der Waals surface area contributed by atoms with E-state index in [2.05, 4.69) is 25.8 Å². The first kappa shape index (κ1) is 12.8. The van der Waals surface area contributed by atoms with Crippen molar-refractivity contribution in [1.29, 1.82) is 0 Å². The number of methoxy groups -OCH3 is 1. The van der Waals surface area contributed by atoms with E-state index in [1.807, 2.05) is 18.2 Å². The highest BCUT2D eigenvalue weighted by Gasteiger charge is 2.31. The third-order valence-corrected chi connectivity index (χ3v) is 4.86. The third-order valence-electron chi connectivity index (χ3n) is 3.27. The largest absolute Gasteiger partial charge is 0.381 e. The topological polar surface area (TPSA) is 22.1 Å². The Labute approximate surface area is 111 Å². The zero-order valence-corrected chi connectivity index (χ0v) is 12.0. The number of hydrogen-bond acceptors (Lipinski definition) is 3. The van der Waals surface area contributed by atoms with Crippen molar-refractivity contribution in [3.8, 4) is 0 Å². The zero-order chi connectivity index (χ0) is 12.6. The molecule has 0 bridgehead atoms. The maximum Gasteiger partial charge on any atom is 0.102 e. The molecule has 1 aromatic heterocycles. The number of fused-ring (bicyclic) bond motifs is 1. The molecule has 92 valence electrons. The summed E-state index contributed by atoms with van der Waals surface area (Å²) in [4.78, 5) is 4.67. The van der Waals surface area contributed by atoms with E-state index in [-0.39, 0.29) is 11.5 Å². The number of benzene rings is 1. The Hall–Kier alpha value is -0.640. The minimum Gasteiger partial charge on any atom is -0.381 e. The van der Waals surface area contributed by atoms with Crippen LogP contribution in [0.25, 0.3) is 10.2 Å². The van der Waals surface area contributed by atoms with Gasteiger partial charge in [0.25, 0.3) is 0 Å². The quantitative estimate of drug-likeness (QED) is 0.830. The predicted molar refractivity (Wildman–Crippen MR) is 74.1 cm³/mol. The first-order valence-corrected chi connectivity index (χ1v) is 6.74. The van der Waals surface area contributed by atoms with Gasteiger partial charge >= 0.3 is 0 Å². The van der Waals surface area contributed by atoms with Crippen LogP contribution in [0.3, 0.4) is 0 Å². The lowest BCUT2D eigenvalue weighted by molar-refractivity contribution is 0.0607. The van der Waals surface area contributed by atoms with Crippen molar-refractivity contribution in [2.75, 3.05) is 7.11 Å². The van der Waals surface area contributed by atoms with Gasteiger partial charge in [-0.1, -0.05) is 25.4 Å². The van der Waals surface area contributed by atoms with Crippen molar-refractivity contribution in [1.82, 2.24) is 4.98 Å². The van der Waals surface area contributed by atoms with Crippen LogP contribution < -0.4 is 0 Å². The highest BCUT2D eigenvalue weighted by atomic mass is 35.5. The first-order valence-electron chi connectivity index (χ1n) is 5.54. The molecule has 2 aromatic rings. The molecule has 17 heavy (non-hydrogen) atoms. The van der Waals surface area contributed by atoms with Crippen LogP contribution in [0, 0.1) is 0 Å². The maximum absolute atomic E-state index is 5.99. The molecule has 1 aromatic carbocycles. The molecule has 1 heterocycles. The number of rotatable bonds is 3. The van der Waals surface area contributed by atoms with Crippen LogP contribution >= 0.6 is 22.9 Å². The molecule has 4 heteroatoms. The molecular formula is C13H16ClNOS. The predicted octanol–water partition coefficient (Wildman–Crippen LogP) is 4.26. The molecule has 0 aliphatic carbocycles. The highest BCUT2D eigenvalue weighted by molar-refractivity contribution is 7.18. The summed E-state index contributed by atoms with van der Waals surface area (Å²) in [7, 11) is 1.73. The molecule has 1 unspecified atom stereocenters. The molecular weight excluding hydrogens is 254 g/mol. The Morgan fingerprint density at radius 1 is 1.41 bits per heavy atom. The highest BCUT2D eigenvalue weighted by Crippen LogP contribution is 2.35. The van der Waals surface area contributed by atoms with E-state index < -0.39 is 0 Å². The fourth-order valence-corrected chi connectivity index (χ4v) is 3.06. The Morgan fingerprint density at radius 3 is 2.76 bits per heavy atom. The molecule has 0 fully saturated rings. The van der Waals surface area contributed by atoms with E-state index in [9.17, 15) is 0 Å². The third kappa shape index (κ3) is 2.32. The van der Waals surface area contributed by atoms with Gasteiger partial charge in [0.1, 0.15) is 5.01 Å². The molecule has 2 nitrogen and oxygen atoms in total. The Bertz CT molecular complexity index is 535. The van der Waals surface area contributed by atoms with Gasteiger partial charge in [0.05, 0.1) is 16.3 Å². The summed E-state index contributed by atoms with van der Waals surface area (Å²) >= 11 is 7.67. The number of ether oxygens (including phenoxy) is 1. The number of aromatic nitrogens is 1. The summed E-state index contributed by atoms with van der Waals surface area (Å²) in [6.07, 6.45) is 0.124. The minimum absolute atomic E-state index is 0.0923. The summed E-state index contributed by atoms with van der Waals surface area (Å²) in [5, 5.41) is 1.84. The molecule has 1 atom stereocenters. The van der Waals surface area contributed by atoms with Crippen LogP contribution in [0.15, 0.2) is 18.2 Å². The fraction of sp³-hybridized carbons (Fsp3) is 0.462. The molecule has 2 rings (SSSR count). The standard InChI is InChI=1S/C13H16ClNOS/c1-8(16-4)13(2,3)12-15-10-6-5-9(14)7-11(10)17-12/h5-8H,1-4H3. The van der Waals surface area contributed by atoms with Crippen LogP contribution in [0.5, 0.6) is 0 Å². The van der Waals surface area contributed by atoms with Gasteiger partial charge in [-0.05, 0) is 25.1 Å². The molecule has 0 N–H and O–H groups in total. The number of halogens is 1. The SMILES string of the molecule is COC(C)C(C)(C)c1nc2ccc(Cl)cc2s1. The molecule has 0 spiro atoms. The summed E-state index contributed by atoms with van der Waals surface area (Å²) in [6, 6.07) is 5.80. The van der Waals surface area contributed by atoms with Crippen molar-refractivity contribution in [2.45, 2.75) is 32.3 Å². The minimum atomic E-state index is -0.0923. The van der Waals surface area contributed by atoms with Gasteiger partial charge in [0.2, 0.25) is 0 Å². The van der Waals surface area contributed by atoms with Gasteiger partial charge in [0.15, 0.2) is 0 Å². The molecule has 0 aliphatic heterocycles. The second kappa shape index (κ2) is 4.56. The fourth-order valence-electron chi connectivity index (χ4n) is 1.64. The number of hydrogen-bond donors (Lipinski definition) is 0. The Balaban J connectivity index is 2.49. The van der Waals surface area contributed by atoms with Crippen LogP contribution in [0.2, 0.25) is 5.02 Å². The summed E-state index contributed by atoms with van der Waals surface area (Å²) < 4.78 is 6.56. The van der Waals surface area contributed by atoms with Crippen molar-refractivity contribution < 1.29 is 4.74 Å². The number of nitrogens with zero attached hydrogens (tertiary/aromatic N) is 1. The van der Waals surface area contributed by atoms with Gasteiger partial charge in [-0.25, -0.2) is 4.98 Å². The molecule has 0 saturated carbocycles. The van der Waals surface area contributed by atoms with Crippen LogP contribution in [-0.4, -0.2) is 18.2 Å². The normalized spacial score (nSPS) is 14.2. The smallest absolute Gasteiger partial charge is 0.102 e. The molecule has 0 saturated heterocycles. The lowest BCUT2D eigenvalue weighted by atomic mass is 9.88. The van der Waals surface area contributed by atoms with E-state index >= 15 is 0 Å². The average Bonchev–Trinajstić information content (AvgIpc) is 2.71. The van der Waals surface area contributed by atoms with Gasteiger partial charge in [-0.2, -0.15) is 0 Å². The molecule has 0 radical (unpaired) electrons. The van der Waals surface area contributed by atoms with Crippen molar-refractivity contribution in [3.05, 3.63) is 28.2 Å². The van der Waals surface area contributed by atoms with E-state index in [4.69, 9.17) is 16.3 Å². The number of thiazole rings is 1. The van der Waals surface area contributed by atoms with Gasteiger partial charge in [-0.3, -0.25) is 0 Å². The lowest BCUT2D eigenvalue weighted by Gasteiger charge is -2.28. The Kier molecular flexibility index (Phi) is 3.43. The summed E-state index contributed by atoms with van der Waals surface area (Å²) in [5.74, 6) is 0. The Morgan fingerprint density at radius 2 is 2.12 bits per heavy atom. The van der Waals surface area contributed by atoms with Gasteiger partial charge < -0.3 is 4.74 Å². The van der Waals surface area contributed by atoms with Crippen LogP contribution in [-0.2, 0) is 10.2 Å². The first-order chi connectivity index (χ1) is 7.95. The van der Waals surface area contributed by atoms with Crippen LogP contribution in [0.4, 0.5) is 0 Å². The van der Waals surface area contributed by atoms with E-state index in [0.717, 1.165) is 20.2 Å². The average molecular weight is 270 g/mol. The van der Waals surface area contributed by atoms with Crippen molar-refractivity contribution >= 4 is 33.2 Å². The van der Waals surface area contributed by atoms with E-state index in [1.165, 1.54) is 0 Å². The summed E-state index contributed by atoms with van der Waals surface area (Å²) in [6.45, 7) is 6.38. The second-order valence-electron chi connectivity index (χ2n) is 4.73. The maximum atomic E-state index is 5.99. The summed E-state index contributed by atoms with van der Waals surface area (Å²) in [5.41, 5.74) is 0.913. The van der Waals surface area contributed by atoms with Crippen molar-refractivity contribution in [2.24, 2.45) is 0 Å². The second-order valence-corrected chi connectivity index (χ2v) is 6.20. The van der Waals surface area contributed by atoms with E-state index in [0.29, 0.717) is 0 Å². The van der Waals surface area contributed by atoms with Gasteiger partial charge in [-0.15, -0.1) is 11.3 Å². The molecule has 0 aliphatic rings. The van der Waals surface area contributed by atoms with Gasteiger partial charge in [0, 0.05) is 17.5 Å². The monoisotopic (exact) mass is 269 g/mol. The lowest BCUT2D eigenvalue weighted by Crippen LogP contribution is -2.32.